The first-order valence-corrected chi connectivity index (χ1v) is 12.4. The zero-order valence-electron chi connectivity index (χ0n) is 20.4. The van der Waals surface area contributed by atoms with E-state index >= 15 is 0 Å². The number of carbonyl (C=O) groups is 3. The van der Waals surface area contributed by atoms with Crippen molar-refractivity contribution in [2.75, 3.05) is 6.61 Å². The van der Waals surface area contributed by atoms with Crippen LogP contribution in [0.2, 0.25) is 0 Å². The second-order valence-electron chi connectivity index (χ2n) is 10.1. The van der Waals surface area contributed by atoms with Crippen LogP contribution in [0.1, 0.15) is 69.4 Å². The normalized spacial score (nSPS) is 17.2. The number of benzene rings is 2. The van der Waals surface area contributed by atoms with E-state index in [4.69, 9.17) is 4.74 Å². The summed E-state index contributed by atoms with van der Waals surface area (Å²) in [5.74, 6) is -1.71. The van der Waals surface area contributed by atoms with Crippen molar-refractivity contribution in [3.8, 4) is 11.1 Å². The summed E-state index contributed by atoms with van der Waals surface area (Å²) in [6.45, 7) is 3.71. The summed E-state index contributed by atoms with van der Waals surface area (Å²) in [4.78, 5) is 37.3. The predicted molar refractivity (Wildman–Crippen MR) is 133 cm³/mol. The van der Waals surface area contributed by atoms with Gasteiger partial charge in [-0.25, -0.2) is 9.59 Å². The Morgan fingerprint density at radius 2 is 1.54 bits per heavy atom. The highest BCUT2D eigenvalue weighted by Gasteiger charge is 2.38. The summed E-state index contributed by atoms with van der Waals surface area (Å²) in [5, 5.41) is 15.0. The molecule has 0 spiro atoms. The van der Waals surface area contributed by atoms with Gasteiger partial charge in [-0.1, -0.05) is 81.6 Å². The smallest absolute Gasteiger partial charge is 0.407 e. The number of hydrogen-bond donors (Lipinski definition) is 3. The molecule has 2 aliphatic carbocycles. The van der Waals surface area contributed by atoms with Crippen LogP contribution in [0.4, 0.5) is 4.79 Å². The Balaban J connectivity index is 1.42. The Kier molecular flexibility index (Phi) is 7.43. The van der Waals surface area contributed by atoms with E-state index in [-0.39, 0.29) is 30.8 Å². The first-order chi connectivity index (χ1) is 16.8. The van der Waals surface area contributed by atoms with Gasteiger partial charge in [0.05, 0.1) is 5.54 Å². The summed E-state index contributed by atoms with van der Waals surface area (Å²) in [6, 6.07) is 15.4. The van der Waals surface area contributed by atoms with Crippen LogP contribution in [0.3, 0.4) is 0 Å². The van der Waals surface area contributed by atoms with E-state index in [2.05, 4.69) is 34.9 Å². The lowest BCUT2D eigenvalue weighted by molar-refractivity contribution is -0.143. The molecule has 4 rings (SSSR count). The third-order valence-corrected chi connectivity index (χ3v) is 7.27. The van der Waals surface area contributed by atoms with Crippen LogP contribution in [-0.2, 0) is 14.3 Å². The second-order valence-corrected chi connectivity index (χ2v) is 10.1. The second kappa shape index (κ2) is 10.5. The third kappa shape index (κ3) is 5.50. The minimum atomic E-state index is -1.06. The van der Waals surface area contributed by atoms with E-state index in [1.54, 1.807) is 13.8 Å². The molecule has 0 radical (unpaired) electrons. The number of amides is 2. The molecule has 2 aromatic rings. The summed E-state index contributed by atoms with van der Waals surface area (Å²) in [5.41, 5.74) is 3.87. The molecule has 0 heterocycles. The molecule has 7 nitrogen and oxygen atoms in total. The van der Waals surface area contributed by atoms with Crippen molar-refractivity contribution in [2.24, 2.45) is 5.92 Å². The lowest BCUT2D eigenvalue weighted by Crippen LogP contribution is -2.54. The molecule has 186 valence electrons. The number of fused-ring (bicyclic) bond motifs is 3. The van der Waals surface area contributed by atoms with Gasteiger partial charge in [0.25, 0.3) is 0 Å². The Morgan fingerprint density at radius 3 is 2.09 bits per heavy atom. The molecule has 7 heteroatoms. The van der Waals surface area contributed by atoms with Crippen LogP contribution in [-0.4, -0.2) is 41.3 Å². The maximum atomic E-state index is 13.0. The lowest BCUT2D eigenvalue weighted by Gasteiger charge is -2.37. The van der Waals surface area contributed by atoms with Crippen molar-refractivity contribution in [2.45, 2.75) is 69.9 Å². The molecular formula is C28H34N2O5. The van der Waals surface area contributed by atoms with Gasteiger partial charge >= 0.3 is 12.1 Å². The maximum absolute atomic E-state index is 13.0. The van der Waals surface area contributed by atoms with Gasteiger partial charge in [0.15, 0.2) is 0 Å². The Labute approximate surface area is 206 Å². The molecule has 2 aromatic carbocycles. The molecule has 0 saturated heterocycles. The maximum Gasteiger partial charge on any atom is 0.407 e. The van der Waals surface area contributed by atoms with Crippen molar-refractivity contribution in [1.29, 1.82) is 0 Å². The van der Waals surface area contributed by atoms with E-state index in [1.807, 2.05) is 24.3 Å². The Hall–Kier alpha value is -3.35. The van der Waals surface area contributed by atoms with Gasteiger partial charge in [-0.15, -0.1) is 0 Å². The standard InChI is InChI=1S/C28H34N2O5/c1-18(2)25(26(32)33)29-24(31)16-28(14-8-3-9-15-28)30-27(34)35-17-23-21-12-6-4-10-19(21)20-11-5-7-13-22(20)23/h4-7,10-13,18,23,25H,3,8-9,14-17H2,1-2H3,(H,29,31)(H,30,34)(H,32,33)/t25-/m0/s1. The van der Waals surface area contributed by atoms with Gasteiger partial charge in [-0.2, -0.15) is 0 Å². The number of aliphatic carboxylic acids is 1. The van der Waals surface area contributed by atoms with Gasteiger partial charge in [0, 0.05) is 12.3 Å². The number of carbonyl (C=O) groups excluding carboxylic acids is 2. The fraction of sp³-hybridized carbons (Fsp3) is 0.464. The van der Waals surface area contributed by atoms with Crippen molar-refractivity contribution in [1.82, 2.24) is 10.6 Å². The number of alkyl carbamates (subject to hydrolysis) is 1. The van der Waals surface area contributed by atoms with E-state index < -0.39 is 23.6 Å². The average molecular weight is 479 g/mol. The minimum absolute atomic E-state index is 0.0354. The molecule has 2 amide bonds. The van der Waals surface area contributed by atoms with Crippen molar-refractivity contribution in [3.05, 3.63) is 59.7 Å². The van der Waals surface area contributed by atoms with Crippen LogP contribution >= 0.6 is 0 Å². The number of rotatable bonds is 8. The zero-order valence-corrected chi connectivity index (χ0v) is 20.4. The number of ether oxygens (including phenoxy) is 1. The minimum Gasteiger partial charge on any atom is -0.480 e. The molecule has 0 unspecified atom stereocenters. The molecule has 1 atom stereocenters. The first kappa shape index (κ1) is 24.8. The van der Waals surface area contributed by atoms with Gasteiger partial charge in [-0.05, 0) is 41.0 Å². The predicted octanol–water partition coefficient (Wildman–Crippen LogP) is 4.84. The summed E-state index contributed by atoms with van der Waals surface area (Å²) in [6.07, 6.45) is 3.63. The van der Waals surface area contributed by atoms with E-state index in [0.717, 1.165) is 41.5 Å². The molecule has 0 bridgehead atoms. The zero-order chi connectivity index (χ0) is 25.0. The van der Waals surface area contributed by atoms with Gasteiger partial charge in [0.1, 0.15) is 12.6 Å². The molecule has 1 saturated carbocycles. The Morgan fingerprint density at radius 1 is 0.971 bits per heavy atom. The van der Waals surface area contributed by atoms with Crippen molar-refractivity contribution < 1.29 is 24.2 Å². The molecule has 35 heavy (non-hydrogen) atoms. The molecule has 1 fully saturated rings. The summed E-state index contributed by atoms with van der Waals surface area (Å²) >= 11 is 0. The quantitative estimate of drug-likeness (QED) is 0.503. The number of hydrogen-bond acceptors (Lipinski definition) is 4. The number of carboxylic acids is 1. The topological polar surface area (TPSA) is 105 Å². The highest BCUT2D eigenvalue weighted by atomic mass is 16.5. The van der Waals surface area contributed by atoms with Crippen LogP contribution in [0.5, 0.6) is 0 Å². The monoisotopic (exact) mass is 478 g/mol. The average Bonchev–Trinajstić information content (AvgIpc) is 3.15. The first-order valence-electron chi connectivity index (χ1n) is 12.4. The SMILES string of the molecule is CC(C)[C@H](NC(=O)CC1(NC(=O)OCC2c3ccccc3-c3ccccc32)CCCCC1)C(=O)O. The van der Waals surface area contributed by atoms with Crippen LogP contribution in [0, 0.1) is 5.92 Å². The third-order valence-electron chi connectivity index (χ3n) is 7.27. The summed E-state index contributed by atoms with van der Waals surface area (Å²) in [7, 11) is 0. The van der Waals surface area contributed by atoms with Crippen LogP contribution in [0.15, 0.2) is 48.5 Å². The highest BCUT2D eigenvalue weighted by molar-refractivity contribution is 5.85. The van der Waals surface area contributed by atoms with E-state index in [9.17, 15) is 19.5 Å². The van der Waals surface area contributed by atoms with Gasteiger partial charge in [0.2, 0.25) is 5.91 Å². The van der Waals surface area contributed by atoms with Crippen LogP contribution in [0.25, 0.3) is 11.1 Å². The number of nitrogens with one attached hydrogen (secondary N) is 2. The van der Waals surface area contributed by atoms with Gasteiger partial charge in [-0.3, -0.25) is 4.79 Å². The Bertz CT molecular complexity index is 1040. The van der Waals surface area contributed by atoms with E-state index in [0.29, 0.717) is 12.8 Å². The molecule has 0 aromatic heterocycles. The molecule has 3 N–H and O–H groups in total. The number of carboxylic acid groups (broad SMARTS) is 1. The van der Waals surface area contributed by atoms with Crippen molar-refractivity contribution in [3.63, 3.8) is 0 Å². The highest BCUT2D eigenvalue weighted by Crippen LogP contribution is 2.44. The molecular weight excluding hydrogens is 444 g/mol. The molecule has 2 aliphatic rings. The van der Waals surface area contributed by atoms with Crippen molar-refractivity contribution >= 4 is 18.0 Å². The molecule has 0 aliphatic heterocycles. The fourth-order valence-electron chi connectivity index (χ4n) is 5.47. The van der Waals surface area contributed by atoms with E-state index in [1.165, 1.54) is 0 Å². The summed E-state index contributed by atoms with van der Waals surface area (Å²) < 4.78 is 5.73. The lowest BCUT2D eigenvalue weighted by atomic mass is 9.79. The van der Waals surface area contributed by atoms with Crippen LogP contribution < -0.4 is 10.6 Å². The van der Waals surface area contributed by atoms with Gasteiger partial charge < -0.3 is 20.5 Å². The fourth-order valence-corrected chi connectivity index (χ4v) is 5.47. The largest absolute Gasteiger partial charge is 0.480 e.